The molecule has 4 heterocycles. The molecule has 0 aromatic carbocycles. The van der Waals surface area contributed by atoms with Crippen LogP contribution in [0.2, 0.25) is 0 Å². The quantitative estimate of drug-likeness (QED) is 0.723. The molecular weight excluding hydrogens is 407 g/mol. The number of likely N-dealkylation sites (tertiary alicyclic amines) is 2. The van der Waals surface area contributed by atoms with Gasteiger partial charge in [-0.25, -0.2) is 13.2 Å². The number of nitrogens with zero attached hydrogens (tertiary/aromatic N) is 3. The van der Waals surface area contributed by atoms with Crippen LogP contribution in [0.3, 0.4) is 0 Å². The zero-order chi connectivity index (χ0) is 20.7. The molecule has 1 aromatic rings. The second-order valence-corrected chi connectivity index (χ2v) is 11.6. The summed E-state index contributed by atoms with van der Waals surface area (Å²) in [4.78, 5) is 20.0. The molecule has 4 fully saturated rings. The minimum atomic E-state index is -4.36. The third kappa shape index (κ3) is 3.29. The summed E-state index contributed by atoms with van der Waals surface area (Å²) in [6.07, 6.45) is -0.891. The molecule has 1 aromatic heterocycles. The average Bonchev–Trinajstić information content (AvgIpc) is 2.50. The van der Waals surface area contributed by atoms with E-state index in [-0.39, 0.29) is 28.4 Å². The molecule has 1 saturated carbocycles. The standard InChI is InChI=1S/C19H22F3N3O3S/c20-19(21,22)14-1-2-15(23-6-14)3-13-4-17(5-13)7-24(8-17)16(26)25-9-18(10-25)11-29(27,28)12-18/h1-2,6,13H,3-5,7-12H2. The maximum Gasteiger partial charge on any atom is 0.417 e. The van der Waals surface area contributed by atoms with E-state index in [0.29, 0.717) is 44.2 Å². The van der Waals surface area contributed by atoms with Crippen LogP contribution in [0.4, 0.5) is 18.0 Å². The van der Waals surface area contributed by atoms with Crippen LogP contribution in [0.15, 0.2) is 18.3 Å². The number of alkyl halides is 3. The second-order valence-electron chi connectivity index (χ2n) is 9.54. The number of halogens is 3. The van der Waals surface area contributed by atoms with Crippen LogP contribution in [0, 0.1) is 16.7 Å². The van der Waals surface area contributed by atoms with Crippen molar-refractivity contribution in [1.29, 1.82) is 0 Å². The van der Waals surface area contributed by atoms with Crippen LogP contribution < -0.4 is 0 Å². The molecule has 5 rings (SSSR count). The monoisotopic (exact) mass is 429 g/mol. The smallest absolute Gasteiger partial charge is 0.323 e. The summed E-state index contributed by atoms with van der Waals surface area (Å²) in [5, 5.41) is 0. The Labute approximate surface area is 167 Å². The Morgan fingerprint density at radius 3 is 2.14 bits per heavy atom. The lowest BCUT2D eigenvalue weighted by molar-refractivity contribution is -0.137. The lowest BCUT2D eigenvalue weighted by atomic mass is 9.57. The van der Waals surface area contributed by atoms with Crippen molar-refractivity contribution >= 4 is 15.9 Å². The molecule has 3 aliphatic heterocycles. The van der Waals surface area contributed by atoms with Gasteiger partial charge in [0.05, 0.1) is 17.1 Å². The van der Waals surface area contributed by atoms with Crippen molar-refractivity contribution < 1.29 is 26.4 Å². The number of carbonyl (C=O) groups is 1. The Morgan fingerprint density at radius 2 is 1.66 bits per heavy atom. The summed E-state index contributed by atoms with van der Waals surface area (Å²) >= 11 is 0. The summed E-state index contributed by atoms with van der Waals surface area (Å²) in [6, 6.07) is 2.52. The molecule has 6 nitrogen and oxygen atoms in total. The van der Waals surface area contributed by atoms with Gasteiger partial charge >= 0.3 is 12.2 Å². The van der Waals surface area contributed by atoms with Crippen LogP contribution in [-0.2, 0) is 22.4 Å². The fourth-order valence-corrected chi connectivity index (χ4v) is 7.79. The molecule has 1 aliphatic carbocycles. The Kier molecular flexibility index (Phi) is 3.87. The third-order valence-corrected chi connectivity index (χ3v) is 8.90. The number of aromatic nitrogens is 1. The van der Waals surface area contributed by atoms with E-state index in [2.05, 4.69) is 4.98 Å². The number of amides is 2. The van der Waals surface area contributed by atoms with Gasteiger partial charge in [0.2, 0.25) is 0 Å². The van der Waals surface area contributed by atoms with Gasteiger partial charge in [0.1, 0.15) is 0 Å². The number of hydrogen-bond acceptors (Lipinski definition) is 4. The number of rotatable bonds is 2. The highest BCUT2D eigenvalue weighted by Crippen LogP contribution is 2.53. The lowest BCUT2D eigenvalue weighted by Crippen LogP contribution is -2.73. The first kappa shape index (κ1) is 19.1. The molecule has 0 bridgehead atoms. The Morgan fingerprint density at radius 1 is 1.07 bits per heavy atom. The van der Waals surface area contributed by atoms with Crippen LogP contribution in [0.5, 0.6) is 0 Å². The van der Waals surface area contributed by atoms with Gasteiger partial charge < -0.3 is 9.80 Å². The molecule has 2 spiro atoms. The largest absolute Gasteiger partial charge is 0.417 e. The maximum atomic E-state index is 12.6. The second kappa shape index (κ2) is 5.86. The average molecular weight is 429 g/mol. The molecule has 2 amide bonds. The van der Waals surface area contributed by atoms with E-state index >= 15 is 0 Å². The van der Waals surface area contributed by atoms with E-state index in [1.807, 2.05) is 4.90 Å². The van der Waals surface area contributed by atoms with Crippen molar-refractivity contribution in [2.24, 2.45) is 16.7 Å². The minimum Gasteiger partial charge on any atom is -0.323 e. The first-order valence-electron chi connectivity index (χ1n) is 9.73. The van der Waals surface area contributed by atoms with E-state index < -0.39 is 21.6 Å². The Balaban J connectivity index is 1.06. The van der Waals surface area contributed by atoms with Crippen LogP contribution >= 0.6 is 0 Å². The van der Waals surface area contributed by atoms with Crippen molar-refractivity contribution in [3.63, 3.8) is 0 Å². The van der Waals surface area contributed by atoms with Crippen molar-refractivity contribution in [3.05, 3.63) is 29.6 Å². The zero-order valence-electron chi connectivity index (χ0n) is 15.8. The first-order valence-corrected chi connectivity index (χ1v) is 11.6. The molecule has 10 heteroatoms. The predicted molar refractivity (Wildman–Crippen MR) is 97.7 cm³/mol. The van der Waals surface area contributed by atoms with Crippen LogP contribution in [0.25, 0.3) is 0 Å². The SMILES string of the molecule is O=C(N1CC2(CC(Cc3ccc(C(F)(F)F)cn3)C2)C1)N1CC2(C1)CS(=O)(=O)C2. The summed E-state index contributed by atoms with van der Waals surface area (Å²) < 4.78 is 60.5. The third-order valence-electron chi connectivity index (χ3n) is 6.79. The van der Waals surface area contributed by atoms with Crippen molar-refractivity contribution in [1.82, 2.24) is 14.8 Å². The van der Waals surface area contributed by atoms with E-state index in [9.17, 15) is 26.4 Å². The van der Waals surface area contributed by atoms with Gasteiger partial charge in [0.25, 0.3) is 0 Å². The van der Waals surface area contributed by atoms with Crippen LogP contribution in [0.1, 0.15) is 24.1 Å². The molecule has 0 N–H and O–H groups in total. The van der Waals surface area contributed by atoms with Gasteiger partial charge in [-0.15, -0.1) is 0 Å². The zero-order valence-corrected chi connectivity index (χ0v) is 16.6. The van der Waals surface area contributed by atoms with Gasteiger partial charge in [-0.05, 0) is 37.3 Å². The number of hydrogen-bond donors (Lipinski definition) is 0. The van der Waals surface area contributed by atoms with Gasteiger partial charge in [-0.1, -0.05) is 0 Å². The molecule has 158 valence electrons. The van der Waals surface area contributed by atoms with Gasteiger partial charge in [0.15, 0.2) is 9.84 Å². The summed E-state index contributed by atoms with van der Waals surface area (Å²) in [5.41, 5.74) is -0.0970. The van der Waals surface area contributed by atoms with E-state index in [1.165, 1.54) is 6.07 Å². The summed E-state index contributed by atoms with van der Waals surface area (Å²) in [6.45, 7) is 2.50. The lowest BCUT2D eigenvalue weighted by Gasteiger charge is -2.62. The van der Waals surface area contributed by atoms with Gasteiger partial charge in [-0.2, -0.15) is 13.2 Å². The van der Waals surface area contributed by atoms with Crippen LogP contribution in [-0.4, -0.2) is 66.9 Å². The van der Waals surface area contributed by atoms with Crippen molar-refractivity contribution in [2.75, 3.05) is 37.7 Å². The summed E-state index contributed by atoms with van der Waals surface area (Å²) in [5.74, 6) is 0.796. The topological polar surface area (TPSA) is 70.6 Å². The predicted octanol–water partition coefficient (Wildman–Crippen LogP) is 2.21. The fraction of sp³-hybridized carbons (Fsp3) is 0.684. The van der Waals surface area contributed by atoms with Gasteiger partial charge in [0, 0.05) is 48.9 Å². The summed E-state index contributed by atoms with van der Waals surface area (Å²) in [7, 11) is -2.88. The Hall–Kier alpha value is -1.84. The number of carbonyl (C=O) groups excluding carboxylic acids is 1. The molecule has 0 atom stereocenters. The normalized spacial score (nSPS) is 26.4. The fourth-order valence-electron chi connectivity index (χ4n) is 5.65. The molecular formula is C19H22F3N3O3S. The van der Waals surface area contributed by atoms with E-state index in [4.69, 9.17) is 0 Å². The first-order chi connectivity index (χ1) is 13.5. The molecule has 3 saturated heterocycles. The number of sulfone groups is 1. The molecule has 29 heavy (non-hydrogen) atoms. The Bertz CT molecular complexity index is 927. The highest BCUT2D eigenvalue weighted by atomic mass is 32.2. The molecule has 0 radical (unpaired) electrons. The van der Waals surface area contributed by atoms with E-state index in [0.717, 1.165) is 25.1 Å². The molecule has 0 unspecified atom stereocenters. The van der Waals surface area contributed by atoms with E-state index in [1.54, 1.807) is 4.90 Å². The number of urea groups is 1. The highest BCUT2D eigenvalue weighted by Gasteiger charge is 2.60. The van der Waals surface area contributed by atoms with Gasteiger partial charge in [-0.3, -0.25) is 4.98 Å². The maximum absolute atomic E-state index is 12.6. The minimum absolute atomic E-state index is 0.00148. The highest BCUT2D eigenvalue weighted by molar-refractivity contribution is 7.92. The van der Waals surface area contributed by atoms with Crippen molar-refractivity contribution in [3.8, 4) is 0 Å². The number of pyridine rings is 1. The molecule has 4 aliphatic rings. The van der Waals surface area contributed by atoms with Crippen molar-refractivity contribution in [2.45, 2.75) is 25.4 Å².